The Balaban J connectivity index is 1.56. The number of aryl methyl sites for hydroxylation is 2. The molecule has 0 aromatic carbocycles. The molecule has 7 nitrogen and oxygen atoms in total. The molecule has 132 valence electrons. The fourth-order valence-corrected chi connectivity index (χ4v) is 3.01. The van der Waals surface area contributed by atoms with Crippen LogP contribution in [0.25, 0.3) is 0 Å². The summed E-state index contributed by atoms with van der Waals surface area (Å²) in [4.78, 5) is 27.7. The summed E-state index contributed by atoms with van der Waals surface area (Å²) < 4.78 is 5.02. The van der Waals surface area contributed by atoms with Crippen molar-refractivity contribution >= 4 is 17.5 Å². The second-order valence-electron chi connectivity index (χ2n) is 6.29. The molecule has 0 bridgehead atoms. The molecule has 1 N–H and O–H groups in total. The summed E-state index contributed by atoms with van der Waals surface area (Å²) in [5.41, 5.74) is 2.62. The van der Waals surface area contributed by atoms with Gasteiger partial charge in [-0.2, -0.15) is 0 Å². The number of ether oxygens (including phenoxy) is 1. The molecule has 0 saturated carbocycles. The second kappa shape index (κ2) is 7.46. The summed E-state index contributed by atoms with van der Waals surface area (Å²) >= 11 is 0. The van der Waals surface area contributed by atoms with Gasteiger partial charge in [-0.25, -0.2) is 15.0 Å². The first-order valence-corrected chi connectivity index (χ1v) is 8.43. The molecule has 1 amide bonds. The lowest BCUT2D eigenvalue weighted by atomic mass is 9.96. The monoisotopic (exact) mass is 341 g/mol. The maximum absolute atomic E-state index is 12.5. The van der Waals surface area contributed by atoms with Crippen molar-refractivity contribution in [3.63, 3.8) is 0 Å². The summed E-state index contributed by atoms with van der Waals surface area (Å²) in [7, 11) is 1.56. The third kappa shape index (κ3) is 4.23. The number of anilines is 2. The first-order chi connectivity index (χ1) is 12.0. The number of carbonyl (C=O) groups excluding carboxylic acids is 1. The number of carbonyl (C=O) groups is 1. The van der Waals surface area contributed by atoms with Crippen LogP contribution in [0.3, 0.4) is 0 Å². The quantitative estimate of drug-likeness (QED) is 0.919. The molecular weight excluding hydrogens is 318 g/mol. The SMILES string of the molecule is COc1ccc(NC(=O)C2CCN(c3nc(C)cc(C)n3)CC2)cn1. The van der Waals surface area contributed by atoms with Crippen molar-refractivity contribution < 1.29 is 9.53 Å². The van der Waals surface area contributed by atoms with Crippen molar-refractivity contribution in [1.29, 1.82) is 0 Å². The molecule has 2 aromatic heterocycles. The van der Waals surface area contributed by atoms with E-state index in [4.69, 9.17) is 4.74 Å². The van der Waals surface area contributed by atoms with Crippen LogP contribution < -0.4 is 15.0 Å². The maximum Gasteiger partial charge on any atom is 0.227 e. The number of hydrogen-bond acceptors (Lipinski definition) is 6. The van der Waals surface area contributed by atoms with Crippen LogP contribution in [-0.4, -0.2) is 41.1 Å². The van der Waals surface area contributed by atoms with Crippen molar-refractivity contribution in [2.75, 3.05) is 30.4 Å². The van der Waals surface area contributed by atoms with E-state index in [0.717, 1.165) is 43.3 Å². The summed E-state index contributed by atoms with van der Waals surface area (Å²) in [5, 5.41) is 2.93. The van der Waals surface area contributed by atoms with Gasteiger partial charge in [0.2, 0.25) is 17.7 Å². The molecule has 0 unspecified atom stereocenters. The largest absolute Gasteiger partial charge is 0.481 e. The van der Waals surface area contributed by atoms with Crippen LogP contribution in [0.4, 0.5) is 11.6 Å². The third-order valence-corrected chi connectivity index (χ3v) is 4.33. The Hall–Kier alpha value is -2.70. The van der Waals surface area contributed by atoms with Gasteiger partial charge >= 0.3 is 0 Å². The van der Waals surface area contributed by atoms with Crippen molar-refractivity contribution in [2.45, 2.75) is 26.7 Å². The molecule has 3 heterocycles. The van der Waals surface area contributed by atoms with Crippen LogP contribution in [0.15, 0.2) is 24.4 Å². The van der Waals surface area contributed by atoms with Gasteiger partial charge in [0.1, 0.15) is 0 Å². The number of methoxy groups -OCH3 is 1. The number of piperidine rings is 1. The highest BCUT2D eigenvalue weighted by atomic mass is 16.5. The van der Waals surface area contributed by atoms with E-state index in [0.29, 0.717) is 11.6 Å². The van der Waals surface area contributed by atoms with E-state index in [-0.39, 0.29) is 11.8 Å². The summed E-state index contributed by atoms with van der Waals surface area (Å²) in [6.45, 7) is 5.51. The van der Waals surface area contributed by atoms with Gasteiger partial charge in [-0.05, 0) is 38.8 Å². The predicted molar refractivity (Wildman–Crippen MR) is 95.9 cm³/mol. The van der Waals surface area contributed by atoms with E-state index < -0.39 is 0 Å². The van der Waals surface area contributed by atoms with Gasteiger partial charge in [-0.1, -0.05) is 0 Å². The average molecular weight is 341 g/mol. The van der Waals surface area contributed by atoms with Crippen molar-refractivity contribution in [1.82, 2.24) is 15.0 Å². The van der Waals surface area contributed by atoms with Crippen LogP contribution in [0.2, 0.25) is 0 Å². The van der Waals surface area contributed by atoms with E-state index in [9.17, 15) is 4.79 Å². The molecule has 0 radical (unpaired) electrons. The lowest BCUT2D eigenvalue weighted by Crippen LogP contribution is -2.39. The minimum atomic E-state index is -0.00995. The molecule has 1 aliphatic heterocycles. The summed E-state index contributed by atoms with van der Waals surface area (Å²) in [6.07, 6.45) is 3.17. The Labute approximate surface area is 147 Å². The molecule has 7 heteroatoms. The van der Waals surface area contributed by atoms with E-state index >= 15 is 0 Å². The number of aromatic nitrogens is 3. The van der Waals surface area contributed by atoms with E-state index in [1.165, 1.54) is 0 Å². The minimum absolute atomic E-state index is 0.00995. The predicted octanol–water partition coefficient (Wildman–Crippen LogP) is 2.35. The van der Waals surface area contributed by atoms with Gasteiger partial charge < -0.3 is 15.0 Å². The van der Waals surface area contributed by atoms with Gasteiger partial charge in [0.25, 0.3) is 0 Å². The van der Waals surface area contributed by atoms with Crippen molar-refractivity contribution in [3.05, 3.63) is 35.8 Å². The molecule has 0 aliphatic carbocycles. The molecule has 1 fully saturated rings. The van der Waals surface area contributed by atoms with E-state index in [1.807, 2.05) is 19.9 Å². The zero-order chi connectivity index (χ0) is 17.8. The molecule has 25 heavy (non-hydrogen) atoms. The van der Waals surface area contributed by atoms with Gasteiger partial charge in [-0.3, -0.25) is 4.79 Å². The Morgan fingerprint density at radius 2 is 1.88 bits per heavy atom. The van der Waals surface area contributed by atoms with Gasteiger partial charge in [0.15, 0.2) is 0 Å². The Bertz CT molecular complexity index is 719. The summed E-state index contributed by atoms with van der Waals surface area (Å²) in [5.74, 6) is 1.31. The molecule has 2 aromatic rings. The van der Waals surface area contributed by atoms with E-state index in [1.54, 1.807) is 25.4 Å². The van der Waals surface area contributed by atoms with Crippen LogP contribution in [0.1, 0.15) is 24.2 Å². The van der Waals surface area contributed by atoms with E-state index in [2.05, 4.69) is 25.2 Å². The van der Waals surface area contributed by atoms with Crippen LogP contribution >= 0.6 is 0 Å². The van der Waals surface area contributed by atoms with Gasteiger partial charge in [-0.15, -0.1) is 0 Å². The maximum atomic E-state index is 12.5. The van der Waals surface area contributed by atoms with Gasteiger partial charge in [0.05, 0.1) is 19.0 Å². The average Bonchev–Trinajstić information content (AvgIpc) is 2.61. The van der Waals surface area contributed by atoms with Crippen LogP contribution in [0.5, 0.6) is 5.88 Å². The highest BCUT2D eigenvalue weighted by Crippen LogP contribution is 2.23. The first-order valence-electron chi connectivity index (χ1n) is 8.43. The Kier molecular flexibility index (Phi) is 5.11. The van der Waals surface area contributed by atoms with Crippen molar-refractivity contribution in [3.8, 4) is 5.88 Å². The zero-order valence-electron chi connectivity index (χ0n) is 14.8. The molecule has 3 rings (SSSR count). The fraction of sp³-hybridized carbons (Fsp3) is 0.444. The Morgan fingerprint density at radius 3 is 2.44 bits per heavy atom. The molecule has 0 atom stereocenters. The molecule has 1 saturated heterocycles. The third-order valence-electron chi connectivity index (χ3n) is 4.33. The lowest BCUT2D eigenvalue weighted by molar-refractivity contribution is -0.120. The minimum Gasteiger partial charge on any atom is -0.481 e. The van der Waals surface area contributed by atoms with Crippen LogP contribution in [-0.2, 0) is 4.79 Å². The van der Waals surface area contributed by atoms with Crippen molar-refractivity contribution in [2.24, 2.45) is 5.92 Å². The number of rotatable bonds is 4. The number of pyridine rings is 1. The first kappa shape index (κ1) is 17.1. The second-order valence-corrected chi connectivity index (χ2v) is 6.29. The number of nitrogens with one attached hydrogen (secondary N) is 1. The normalized spacial score (nSPS) is 15.1. The van der Waals surface area contributed by atoms with Gasteiger partial charge in [0, 0.05) is 36.5 Å². The lowest BCUT2D eigenvalue weighted by Gasteiger charge is -2.31. The zero-order valence-corrected chi connectivity index (χ0v) is 14.8. The molecule has 1 aliphatic rings. The standard InChI is InChI=1S/C18H23N5O2/c1-12-10-13(2)21-18(20-12)23-8-6-14(7-9-23)17(24)22-15-4-5-16(25-3)19-11-15/h4-5,10-11,14H,6-9H2,1-3H3,(H,22,24). The fourth-order valence-electron chi connectivity index (χ4n) is 3.01. The number of nitrogens with zero attached hydrogens (tertiary/aromatic N) is 4. The number of amides is 1. The number of hydrogen-bond donors (Lipinski definition) is 1. The topological polar surface area (TPSA) is 80.2 Å². The summed E-state index contributed by atoms with van der Waals surface area (Å²) in [6, 6.07) is 5.49. The molecular formula is C18H23N5O2. The van der Waals surface area contributed by atoms with Crippen LogP contribution in [0, 0.1) is 19.8 Å². The highest BCUT2D eigenvalue weighted by molar-refractivity contribution is 5.92. The molecule has 0 spiro atoms. The smallest absolute Gasteiger partial charge is 0.227 e. The Morgan fingerprint density at radius 1 is 1.20 bits per heavy atom. The highest BCUT2D eigenvalue weighted by Gasteiger charge is 2.26.